The quantitative estimate of drug-likeness (QED) is 0.368. The Kier molecular flexibility index (Phi) is 7.05. The maximum atomic E-state index is 11.8. The fraction of sp³-hybridized carbons (Fsp3) is 0.158. The zero-order valence-corrected chi connectivity index (χ0v) is 15.8. The summed E-state index contributed by atoms with van der Waals surface area (Å²) in [5.41, 5.74) is 1.47. The Bertz CT molecular complexity index is 826. The maximum absolute atomic E-state index is 11.8. The van der Waals surface area contributed by atoms with Crippen molar-refractivity contribution < 1.29 is 14.3 Å². The van der Waals surface area contributed by atoms with E-state index in [-0.39, 0.29) is 12.2 Å². The van der Waals surface area contributed by atoms with Gasteiger partial charge in [-0.25, -0.2) is 4.79 Å². The number of carbonyl (C=O) groups is 1. The van der Waals surface area contributed by atoms with Crippen molar-refractivity contribution in [1.29, 1.82) is 5.26 Å². The molecule has 0 aliphatic rings. The SMILES string of the molecule is CCOC(=O)/C(C#N)=C/c1cc(Br)ccc1OCc1ccc(Cl)cc1. The molecule has 0 aromatic heterocycles. The number of benzene rings is 2. The highest BCUT2D eigenvalue weighted by atomic mass is 79.9. The highest BCUT2D eigenvalue weighted by molar-refractivity contribution is 9.10. The minimum atomic E-state index is -0.659. The fourth-order valence-corrected chi connectivity index (χ4v) is 2.51. The van der Waals surface area contributed by atoms with Gasteiger partial charge in [-0.3, -0.25) is 0 Å². The third kappa shape index (κ3) is 5.63. The zero-order valence-electron chi connectivity index (χ0n) is 13.5. The number of ether oxygens (including phenoxy) is 2. The average molecular weight is 421 g/mol. The number of esters is 1. The summed E-state index contributed by atoms with van der Waals surface area (Å²) in [4.78, 5) is 11.8. The van der Waals surface area contributed by atoms with E-state index < -0.39 is 5.97 Å². The van der Waals surface area contributed by atoms with E-state index in [1.54, 1.807) is 31.2 Å². The van der Waals surface area contributed by atoms with Gasteiger partial charge >= 0.3 is 5.97 Å². The van der Waals surface area contributed by atoms with Crippen molar-refractivity contribution >= 4 is 39.6 Å². The molecule has 0 amide bonds. The lowest BCUT2D eigenvalue weighted by atomic mass is 10.1. The highest BCUT2D eigenvalue weighted by Crippen LogP contribution is 2.27. The third-order valence-corrected chi connectivity index (χ3v) is 3.94. The first kappa shape index (κ1) is 19.0. The van der Waals surface area contributed by atoms with Crippen molar-refractivity contribution in [2.75, 3.05) is 6.61 Å². The molecule has 0 saturated carbocycles. The van der Waals surface area contributed by atoms with Gasteiger partial charge in [0.15, 0.2) is 0 Å². The van der Waals surface area contributed by atoms with Crippen LogP contribution in [0.1, 0.15) is 18.1 Å². The van der Waals surface area contributed by atoms with Crippen molar-refractivity contribution in [3.63, 3.8) is 0 Å². The molecule has 6 heteroatoms. The number of carbonyl (C=O) groups excluding carboxylic acids is 1. The van der Waals surface area contributed by atoms with E-state index >= 15 is 0 Å². The van der Waals surface area contributed by atoms with Gasteiger partial charge in [0.05, 0.1) is 6.61 Å². The van der Waals surface area contributed by atoms with E-state index in [4.69, 9.17) is 21.1 Å². The Morgan fingerprint density at radius 3 is 2.64 bits per heavy atom. The van der Waals surface area contributed by atoms with Gasteiger partial charge in [0, 0.05) is 15.1 Å². The van der Waals surface area contributed by atoms with Crippen molar-refractivity contribution in [3.8, 4) is 11.8 Å². The van der Waals surface area contributed by atoms with Gasteiger partial charge < -0.3 is 9.47 Å². The van der Waals surface area contributed by atoms with Gasteiger partial charge in [0.2, 0.25) is 0 Å². The Morgan fingerprint density at radius 1 is 1.28 bits per heavy atom. The molecule has 0 aliphatic carbocycles. The molecule has 128 valence electrons. The van der Waals surface area contributed by atoms with Gasteiger partial charge in [0.25, 0.3) is 0 Å². The van der Waals surface area contributed by atoms with Crippen LogP contribution in [-0.2, 0) is 16.1 Å². The van der Waals surface area contributed by atoms with E-state index in [1.807, 2.05) is 24.3 Å². The lowest BCUT2D eigenvalue weighted by Gasteiger charge is -2.10. The van der Waals surface area contributed by atoms with Crippen LogP contribution in [0.2, 0.25) is 5.02 Å². The molecule has 0 bridgehead atoms. The summed E-state index contributed by atoms with van der Waals surface area (Å²) in [7, 11) is 0. The topological polar surface area (TPSA) is 59.3 Å². The van der Waals surface area contributed by atoms with Crippen LogP contribution >= 0.6 is 27.5 Å². The number of nitriles is 1. The molecule has 0 atom stereocenters. The Morgan fingerprint density at radius 2 is 2.00 bits per heavy atom. The Labute approximate surface area is 159 Å². The summed E-state index contributed by atoms with van der Waals surface area (Å²) in [6.07, 6.45) is 1.46. The van der Waals surface area contributed by atoms with Crippen LogP contribution in [0.15, 0.2) is 52.5 Å². The van der Waals surface area contributed by atoms with Crippen molar-refractivity contribution in [3.05, 3.63) is 68.7 Å². The minimum absolute atomic E-state index is 0.0868. The van der Waals surface area contributed by atoms with Gasteiger partial charge in [-0.15, -0.1) is 0 Å². The molecule has 0 aliphatic heterocycles. The Hall–Kier alpha value is -2.29. The summed E-state index contributed by atoms with van der Waals surface area (Å²) in [6.45, 7) is 2.23. The average Bonchev–Trinajstić information content (AvgIpc) is 2.60. The lowest BCUT2D eigenvalue weighted by molar-refractivity contribution is -0.137. The number of halogens is 2. The summed E-state index contributed by atoms with van der Waals surface area (Å²) < 4.78 is 11.5. The summed E-state index contributed by atoms with van der Waals surface area (Å²) >= 11 is 9.25. The van der Waals surface area contributed by atoms with Crippen molar-refractivity contribution in [1.82, 2.24) is 0 Å². The molecule has 2 aromatic carbocycles. The standard InChI is InChI=1S/C19H15BrClNO3/c1-2-24-19(23)15(11-22)9-14-10-16(20)5-8-18(14)25-12-13-3-6-17(21)7-4-13/h3-10H,2,12H2,1H3/b15-9+. The van der Waals surface area contributed by atoms with Crippen LogP contribution in [0.4, 0.5) is 0 Å². The molecular formula is C19H15BrClNO3. The predicted molar refractivity (Wildman–Crippen MR) is 100 cm³/mol. The second-order valence-electron chi connectivity index (χ2n) is 4.99. The van der Waals surface area contributed by atoms with Crippen molar-refractivity contribution in [2.45, 2.75) is 13.5 Å². The molecule has 2 rings (SSSR count). The van der Waals surface area contributed by atoms with Crippen LogP contribution in [0.5, 0.6) is 5.75 Å². The van der Waals surface area contributed by atoms with Crippen LogP contribution in [-0.4, -0.2) is 12.6 Å². The fourth-order valence-electron chi connectivity index (χ4n) is 2.01. The van der Waals surface area contributed by atoms with Crippen LogP contribution in [0.25, 0.3) is 6.08 Å². The molecule has 0 saturated heterocycles. The van der Waals surface area contributed by atoms with E-state index in [9.17, 15) is 10.1 Å². The zero-order chi connectivity index (χ0) is 18.2. The predicted octanol–water partition coefficient (Wildman–Crippen LogP) is 5.15. The minimum Gasteiger partial charge on any atom is -0.488 e. The number of hydrogen-bond acceptors (Lipinski definition) is 4. The van der Waals surface area contributed by atoms with E-state index in [0.717, 1.165) is 10.0 Å². The number of rotatable bonds is 6. The summed E-state index contributed by atoms with van der Waals surface area (Å²) in [5, 5.41) is 9.85. The molecule has 25 heavy (non-hydrogen) atoms. The van der Waals surface area contributed by atoms with E-state index in [0.29, 0.717) is 22.9 Å². The highest BCUT2D eigenvalue weighted by Gasteiger charge is 2.12. The van der Waals surface area contributed by atoms with Gasteiger partial charge in [-0.05, 0) is 48.9 Å². The van der Waals surface area contributed by atoms with Gasteiger partial charge in [-0.2, -0.15) is 5.26 Å². The summed E-state index contributed by atoms with van der Waals surface area (Å²) in [5.74, 6) is -0.108. The lowest BCUT2D eigenvalue weighted by Crippen LogP contribution is -2.06. The molecule has 0 N–H and O–H groups in total. The third-order valence-electron chi connectivity index (χ3n) is 3.20. The molecular weight excluding hydrogens is 406 g/mol. The Balaban J connectivity index is 2.26. The molecule has 0 radical (unpaired) electrons. The maximum Gasteiger partial charge on any atom is 0.348 e. The summed E-state index contributed by atoms with van der Waals surface area (Å²) in [6, 6.07) is 14.5. The van der Waals surface area contributed by atoms with E-state index in [2.05, 4.69) is 15.9 Å². The molecule has 0 heterocycles. The number of nitrogens with zero attached hydrogens (tertiary/aromatic N) is 1. The molecule has 4 nitrogen and oxygen atoms in total. The normalized spacial score (nSPS) is 10.9. The van der Waals surface area contributed by atoms with Gasteiger partial charge in [0.1, 0.15) is 24.0 Å². The van der Waals surface area contributed by atoms with Crippen LogP contribution in [0.3, 0.4) is 0 Å². The first-order valence-electron chi connectivity index (χ1n) is 7.49. The van der Waals surface area contributed by atoms with Crippen LogP contribution in [0, 0.1) is 11.3 Å². The monoisotopic (exact) mass is 419 g/mol. The van der Waals surface area contributed by atoms with E-state index in [1.165, 1.54) is 6.08 Å². The van der Waals surface area contributed by atoms with Crippen molar-refractivity contribution in [2.24, 2.45) is 0 Å². The molecule has 0 fully saturated rings. The number of hydrogen-bond donors (Lipinski definition) is 0. The smallest absolute Gasteiger partial charge is 0.348 e. The molecule has 2 aromatic rings. The second-order valence-corrected chi connectivity index (χ2v) is 6.34. The van der Waals surface area contributed by atoms with Crippen LogP contribution < -0.4 is 4.74 Å². The largest absolute Gasteiger partial charge is 0.488 e. The van der Waals surface area contributed by atoms with Gasteiger partial charge in [-0.1, -0.05) is 39.7 Å². The first-order chi connectivity index (χ1) is 12.0. The molecule has 0 unspecified atom stereocenters. The first-order valence-corrected chi connectivity index (χ1v) is 8.66. The second kappa shape index (κ2) is 9.26. The molecule has 0 spiro atoms.